The number of carbonyl (C=O) groups is 2. The number of hydrogen-bond acceptors (Lipinski definition) is 4. The molecule has 1 atom stereocenters. The van der Waals surface area contributed by atoms with E-state index in [1.54, 1.807) is 4.68 Å². The third-order valence-corrected chi connectivity index (χ3v) is 3.23. The zero-order valence-corrected chi connectivity index (χ0v) is 12.6. The SMILES string of the molecule is CCn1ccc(C(C)NC(=O)c2cnn(CCC(=O)O)c2)n1. The van der Waals surface area contributed by atoms with Crippen LogP contribution in [0.1, 0.15) is 42.4 Å². The Kier molecular flexibility index (Phi) is 4.92. The van der Waals surface area contributed by atoms with E-state index in [0.29, 0.717) is 5.56 Å². The molecule has 8 heteroatoms. The summed E-state index contributed by atoms with van der Waals surface area (Å²) in [5, 5.41) is 19.8. The second-order valence-corrected chi connectivity index (χ2v) is 4.93. The van der Waals surface area contributed by atoms with Gasteiger partial charge in [-0.1, -0.05) is 0 Å². The van der Waals surface area contributed by atoms with Crippen molar-refractivity contribution >= 4 is 11.9 Å². The summed E-state index contributed by atoms with van der Waals surface area (Å²) < 4.78 is 3.24. The number of nitrogens with zero attached hydrogens (tertiary/aromatic N) is 4. The van der Waals surface area contributed by atoms with Gasteiger partial charge in [0.05, 0.1) is 36.5 Å². The highest BCUT2D eigenvalue weighted by atomic mass is 16.4. The molecule has 0 saturated heterocycles. The summed E-state index contributed by atoms with van der Waals surface area (Å²) in [4.78, 5) is 22.7. The van der Waals surface area contributed by atoms with Crippen LogP contribution in [0.5, 0.6) is 0 Å². The molecule has 0 aromatic carbocycles. The van der Waals surface area contributed by atoms with Gasteiger partial charge in [0.2, 0.25) is 0 Å². The molecule has 2 rings (SSSR count). The van der Waals surface area contributed by atoms with E-state index >= 15 is 0 Å². The zero-order chi connectivity index (χ0) is 16.1. The minimum Gasteiger partial charge on any atom is -0.481 e. The highest BCUT2D eigenvalue weighted by Gasteiger charge is 2.15. The molecular formula is C14H19N5O3. The topological polar surface area (TPSA) is 102 Å². The fourth-order valence-corrected chi connectivity index (χ4v) is 1.95. The lowest BCUT2D eigenvalue weighted by atomic mass is 10.2. The summed E-state index contributed by atoms with van der Waals surface area (Å²) in [6, 6.07) is 1.65. The maximum Gasteiger partial charge on any atom is 0.305 e. The largest absolute Gasteiger partial charge is 0.481 e. The van der Waals surface area contributed by atoms with Gasteiger partial charge in [0.1, 0.15) is 0 Å². The lowest BCUT2D eigenvalue weighted by Crippen LogP contribution is -2.26. The Morgan fingerprint density at radius 3 is 2.82 bits per heavy atom. The highest BCUT2D eigenvalue weighted by Crippen LogP contribution is 2.10. The number of aliphatic carboxylic acids is 1. The molecule has 2 N–H and O–H groups in total. The van der Waals surface area contributed by atoms with Crippen molar-refractivity contribution in [1.82, 2.24) is 24.9 Å². The van der Waals surface area contributed by atoms with E-state index in [9.17, 15) is 9.59 Å². The van der Waals surface area contributed by atoms with Gasteiger partial charge < -0.3 is 10.4 Å². The first-order chi connectivity index (χ1) is 10.5. The van der Waals surface area contributed by atoms with Gasteiger partial charge in [0, 0.05) is 18.9 Å². The molecule has 1 unspecified atom stereocenters. The minimum atomic E-state index is -0.901. The molecule has 0 bridgehead atoms. The van der Waals surface area contributed by atoms with Crippen LogP contribution in [0.25, 0.3) is 0 Å². The molecule has 2 aromatic rings. The lowest BCUT2D eigenvalue weighted by molar-refractivity contribution is -0.137. The average Bonchev–Trinajstić information content (AvgIpc) is 3.14. The Morgan fingerprint density at radius 1 is 1.41 bits per heavy atom. The third-order valence-electron chi connectivity index (χ3n) is 3.23. The predicted molar refractivity (Wildman–Crippen MR) is 78.3 cm³/mol. The van der Waals surface area contributed by atoms with Gasteiger partial charge in [-0.3, -0.25) is 19.0 Å². The molecule has 2 heterocycles. The van der Waals surface area contributed by atoms with Gasteiger partial charge in [-0.2, -0.15) is 10.2 Å². The Hall–Kier alpha value is -2.64. The molecule has 1 amide bonds. The van der Waals surface area contributed by atoms with Crippen molar-refractivity contribution < 1.29 is 14.7 Å². The summed E-state index contributed by atoms with van der Waals surface area (Å²) in [5.41, 5.74) is 1.18. The van der Waals surface area contributed by atoms with Crippen LogP contribution in [0.3, 0.4) is 0 Å². The van der Waals surface area contributed by atoms with Crippen LogP contribution in [0.15, 0.2) is 24.7 Å². The van der Waals surface area contributed by atoms with Gasteiger partial charge in [-0.25, -0.2) is 0 Å². The van der Waals surface area contributed by atoms with Crippen LogP contribution in [-0.4, -0.2) is 36.5 Å². The molecule has 0 aliphatic rings. The van der Waals surface area contributed by atoms with Crippen LogP contribution in [0.2, 0.25) is 0 Å². The fourth-order valence-electron chi connectivity index (χ4n) is 1.95. The molecule has 0 aliphatic carbocycles. The zero-order valence-electron chi connectivity index (χ0n) is 12.6. The molecule has 2 aromatic heterocycles. The number of aromatic nitrogens is 4. The second kappa shape index (κ2) is 6.88. The molecule has 0 radical (unpaired) electrons. The molecule has 22 heavy (non-hydrogen) atoms. The number of rotatable bonds is 7. The van der Waals surface area contributed by atoms with Crippen molar-refractivity contribution in [2.24, 2.45) is 0 Å². The van der Waals surface area contributed by atoms with E-state index in [1.807, 2.05) is 26.1 Å². The number of hydrogen-bond donors (Lipinski definition) is 2. The first kappa shape index (κ1) is 15.7. The number of carboxylic acid groups (broad SMARTS) is 1. The second-order valence-electron chi connectivity index (χ2n) is 4.93. The van der Waals surface area contributed by atoms with E-state index in [0.717, 1.165) is 12.2 Å². The molecular weight excluding hydrogens is 286 g/mol. The summed E-state index contributed by atoms with van der Waals surface area (Å²) in [7, 11) is 0. The quantitative estimate of drug-likeness (QED) is 0.796. The molecule has 8 nitrogen and oxygen atoms in total. The molecule has 0 saturated carbocycles. The summed E-state index contributed by atoms with van der Waals surface area (Å²) in [6.45, 7) is 4.86. The van der Waals surface area contributed by atoms with Crippen LogP contribution in [-0.2, 0) is 17.9 Å². The van der Waals surface area contributed by atoms with Crippen molar-refractivity contribution in [3.8, 4) is 0 Å². The lowest BCUT2D eigenvalue weighted by Gasteiger charge is -2.10. The Labute approximate surface area is 127 Å². The van der Waals surface area contributed by atoms with Crippen molar-refractivity contribution in [2.45, 2.75) is 39.4 Å². The highest BCUT2D eigenvalue weighted by molar-refractivity contribution is 5.93. The fraction of sp³-hybridized carbons (Fsp3) is 0.429. The van der Waals surface area contributed by atoms with Gasteiger partial charge in [-0.05, 0) is 19.9 Å². The summed E-state index contributed by atoms with van der Waals surface area (Å²) in [6.07, 6.45) is 4.79. The van der Waals surface area contributed by atoms with Gasteiger partial charge in [-0.15, -0.1) is 0 Å². The van der Waals surface area contributed by atoms with E-state index in [2.05, 4.69) is 15.5 Å². The van der Waals surface area contributed by atoms with Crippen LogP contribution in [0.4, 0.5) is 0 Å². The Balaban J connectivity index is 1.95. The smallest absolute Gasteiger partial charge is 0.305 e. The molecule has 0 fully saturated rings. The van der Waals surface area contributed by atoms with E-state index in [4.69, 9.17) is 5.11 Å². The number of aryl methyl sites for hydroxylation is 2. The number of carbonyl (C=O) groups excluding carboxylic acids is 1. The maximum atomic E-state index is 12.1. The van der Waals surface area contributed by atoms with Crippen molar-refractivity contribution in [1.29, 1.82) is 0 Å². The average molecular weight is 305 g/mol. The summed E-state index contributed by atoms with van der Waals surface area (Å²) in [5.74, 6) is -1.17. The maximum absolute atomic E-state index is 12.1. The Bertz CT molecular complexity index is 661. The number of amides is 1. The van der Waals surface area contributed by atoms with Gasteiger partial charge in [0.15, 0.2) is 0 Å². The first-order valence-electron chi connectivity index (χ1n) is 7.08. The molecule has 0 spiro atoms. The predicted octanol–water partition coefficient (Wildman–Crippen LogP) is 1.07. The van der Waals surface area contributed by atoms with Crippen molar-refractivity contribution in [3.63, 3.8) is 0 Å². The van der Waals surface area contributed by atoms with Crippen molar-refractivity contribution in [2.75, 3.05) is 0 Å². The van der Waals surface area contributed by atoms with Crippen LogP contribution in [0, 0.1) is 0 Å². The normalized spacial score (nSPS) is 12.1. The molecule has 0 aliphatic heterocycles. The third kappa shape index (κ3) is 3.94. The minimum absolute atomic E-state index is 0.0341. The van der Waals surface area contributed by atoms with Gasteiger partial charge >= 0.3 is 5.97 Å². The standard InChI is InChI=1S/C14H19N5O3/c1-3-18-6-4-12(17-18)10(2)16-14(22)11-8-15-19(9-11)7-5-13(20)21/h4,6,8-10H,3,5,7H2,1-2H3,(H,16,22)(H,20,21). The Morgan fingerprint density at radius 2 is 2.18 bits per heavy atom. The molecule has 118 valence electrons. The van der Waals surface area contributed by atoms with Crippen molar-refractivity contribution in [3.05, 3.63) is 35.9 Å². The van der Waals surface area contributed by atoms with E-state index in [1.165, 1.54) is 17.1 Å². The summed E-state index contributed by atoms with van der Waals surface area (Å²) >= 11 is 0. The first-order valence-corrected chi connectivity index (χ1v) is 7.08. The monoisotopic (exact) mass is 305 g/mol. The van der Waals surface area contributed by atoms with Gasteiger partial charge in [0.25, 0.3) is 5.91 Å². The number of carboxylic acids is 1. The van der Waals surface area contributed by atoms with E-state index in [-0.39, 0.29) is 24.9 Å². The van der Waals surface area contributed by atoms with Crippen LogP contribution >= 0.6 is 0 Å². The number of nitrogens with one attached hydrogen (secondary N) is 1. The van der Waals surface area contributed by atoms with Crippen LogP contribution < -0.4 is 5.32 Å². The van der Waals surface area contributed by atoms with E-state index < -0.39 is 5.97 Å².